The molecule has 3 aromatic heterocycles. The molecule has 6 heteroatoms. The van der Waals surface area contributed by atoms with Crippen LogP contribution in [-0.4, -0.2) is 21.2 Å². The Balaban J connectivity index is 2.24. The molecular weight excluding hydrogens is 270 g/mol. The summed E-state index contributed by atoms with van der Waals surface area (Å²) in [5, 5.41) is 8.73. The quantitative estimate of drug-likeness (QED) is 0.736. The molecule has 0 radical (unpaired) electrons. The molecule has 92 valence electrons. The fourth-order valence-corrected chi connectivity index (χ4v) is 2.61. The Morgan fingerprint density at radius 1 is 1.50 bits per heavy atom. The number of hydrogen-bond acceptors (Lipinski definition) is 4. The predicted molar refractivity (Wildman–Crippen MR) is 72.5 cm³/mol. The Hall–Kier alpha value is -1.59. The molecule has 0 spiro atoms. The second-order valence-corrected chi connectivity index (χ2v) is 4.82. The van der Waals surface area contributed by atoms with E-state index >= 15 is 0 Å². The third-order valence-corrected chi connectivity index (χ3v) is 3.39. The molecule has 3 aromatic rings. The van der Waals surface area contributed by atoms with Gasteiger partial charge in [0.1, 0.15) is 0 Å². The normalized spacial score (nSPS) is 11.0. The maximum absolute atomic E-state index is 6.01. The Morgan fingerprint density at radius 2 is 2.39 bits per heavy atom. The third kappa shape index (κ3) is 1.85. The molecule has 0 atom stereocenters. The summed E-state index contributed by atoms with van der Waals surface area (Å²) >= 11 is 7.64. The molecule has 3 heterocycles. The van der Waals surface area contributed by atoms with Gasteiger partial charge in [0.2, 0.25) is 0 Å². The second-order valence-electron chi connectivity index (χ2n) is 3.66. The number of ether oxygens (including phenoxy) is 1. The molecule has 0 aliphatic heterocycles. The lowest BCUT2D eigenvalue weighted by atomic mass is 10.3. The van der Waals surface area contributed by atoms with Crippen LogP contribution in [0, 0.1) is 0 Å². The molecule has 0 bridgehead atoms. The fraction of sp³-hybridized carbons (Fsp3) is 0.167. The van der Waals surface area contributed by atoms with Gasteiger partial charge >= 0.3 is 0 Å². The summed E-state index contributed by atoms with van der Waals surface area (Å²) in [5.41, 5.74) is 2.67. The van der Waals surface area contributed by atoms with Crippen LogP contribution < -0.4 is 4.74 Å². The van der Waals surface area contributed by atoms with Crippen molar-refractivity contribution >= 4 is 28.6 Å². The Kier molecular flexibility index (Phi) is 2.93. The first-order chi connectivity index (χ1) is 8.79. The van der Waals surface area contributed by atoms with Gasteiger partial charge in [-0.25, -0.2) is 9.50 Å². The summed E-state index contributed by atoms with van der Waals surface area (Å²) in [4.78, 5) is 4.36. The van der Waals surface area contributed by atoms with E-state index in [9.17, 15) is 0 Å². The zero-order chi connectivity index (χ0) is 12.5. The van der Waals surface area contributed by atoms with E-state index in [0.717, 1.165) is 11.3 Å². The topological polar surface area (TPSA) is 39.4 Å². The van der Waals surface area contributed by atoms with E-state index in [0.29, 0.717) is 23.2 Å². The smallest absolute Gasteiger partial charge is 0.197 e. The standard InChI is InChI=1S/C12H10ClN3OS/c1-2-17-10-5-11(13)15-16-9(6-14-12(10)16)8-3-4-18-7-8/h3-7H,2H2,1H3. The average molecular weight is 280 g/mol. The molecule has 0 aliphatic carbocycles. The average Bonchev–Trinajstić information content (AvgIpc) is 2.96. The van der Waals surface area contributed by atoms with Crippen molar-refractivity contribution in [3.63, 3.8) is 0 Å². The van der Waals surface area contributed by atoms with Gasteiger partial charge in [-0.05, 0) is 18.4 Å². The zero-order valence-electron chi connectivity index (χ0n) is 9.63. The molecule has 0 unspecified atom stereocenters. The highest BCUT2D eigenvalue weighted by atomic mass is 35.5. The van der Waals surface area contributed by atoms with Gasteiger partial charge in [0, 0.05) is 17.0 Å². The lowest BCUT2D eigenvalue weighted by Crippen LogP contribution is -1.99. The molecule has 4 nitrogen and oxygen atoms in total. The van der Waals surface area contributed by atoms with E-state index in [4.69, 9.17) is 16.3 Å². The second kappa shape index (κ2) is 4.59. The number of hydrogen-bond donors (Lipinski definition) is 0. The third-order valence-electron chi connectivity index (χ3n) is 2.52. The molecule has 0 saturated carbocycles. The predicted octanol–water partition coefficient (Wildman–Crippen LogP) is 3.51. The molecule has 0 saturated heterocycles. The van der Waals surface area contributed by atoms with Crippen LogP contribution >= 0.6 is 22.9 Å². The van der Waals surface area contributed by atoms with E-state index in [-0.39, 0.29) is 0 Å². The van der Waals surface area contributed by atoms with Crippen LogP contribution in [0.25, 0.3) is 16.9 Å². The minimum Gasteiger partial charge on any atom is -0.490 e. The number of thiophene rings is 1. The van der Waals surface area contributed by atoms with Gasteiger partial charge in [-0.2, -0.15) is 16.4 Å². The van der Waals surface area contributed by atoms with E-state index in [1.54, 1.807) is 28.1 Å². The van der Waals surface area contributed by atoms with Gasteiger partial charge < -0.3 is 4.74 Å². The molecule has 18 heavy (non-hydrogen) atoms. The van der Waals surface area contributed by atoms with Crippen LogP contribution in [0.15, 0.2) is 29.1 Å². The lowest BCUT2D eigenvalue weighted by molar-refractivity contribution is 0.341. The van der Waals surface area contributed by atoms with Crippen LogP contribution in [0.5, 0.6) is 5.75 Å². The number of nitrogens with zero attached hydrogens (tertiary/aromatic N) is 3. The van der Waals surface area contributed by atoms with E-state index < -0.39 is 0 Å². The lowest BCUT2D eigenvalue weighted by Gasteiger charge is -2.05. The summed E-state index contributed by atoms with van der Waals surface area (Å²) in [6, 6.07) is 3.71. The van der Waals surface area contributed by atoms with Crippen molar-refractivity contribution in [3.8, 4) is 17.0 Å². The first-order valence-corrected chi connectivity index (χ1v) is 6.81. The van der Waals surface area contributed by atoms with Gasteiger partial charge in [-0.3, -0.25) is 0 Å². The first kappa shape index (κ1) is 11.5. The SMILES string of the molecule is CCOc1cc(Cl)nn2c(-c3ccsc3)cnc12. The van der Waals surface area contributed by atoms with Gasteiger partial charge in [0.05, 0.1) is 18.5 Å². The highest BCUT2D eigenvalue weighted by molar-refractivity contribution is 7.08. The molecule has 0 fully saturated rings. The van der Waals surface area contributed by atoms with Crippen molar-refractivity contribution in [1.29, 1.82) is 0 Å². The van der Waals surface area contributed by atoms with E-state index in [1.165, 1.54) is 0 Å². The largest absolute Gasteiger partial charge is 0.490 e. The van der Waals surface area contributed by atoms with Crippen molar-refractivity contribution < 1.29 is 4.74 Å². The van der Waals surface area contributed by atoms with Gasteiger partial charge in [-0.15, -0.1) is 0 Å². The highest BCUT2D eigenvalue weighted by Gasteiger charge is 2.13. The number of fused-ring (bicyclic) bond motifs is 1. The Labute approximate surface area is 113 Å². The van der Waals surface area contributed by atoms with Crippen LogP contribution in [0.1, 0.15) is 6.92 Å². The number of aromatic nitrogens is 3. The van der Waals surface area contributed by atoms with Crippen LogP contribution in [0.3, 0.4) is 0 Å². The van der Waals surface area contributed by atoms with Gasteiger partial charge in [0.25, 0.3) is 0 Å². The number of halogens is 1. The van der Waals surface area contributed by atoms with Crippen LogP contribution in [-0.2, 0) is 0 Å². The fourth-order valence-electron chi connectivity index (χ4n) is 1.78. The molecule has 0 aromatic carbocycles. The summed E-state index contributed by atoms with van der Waals surface area (Å²) < 4.78 is 7.24. The summed E-state index contributed by atoms with van der Waals surface area (Å²) in [5.74, 6) is 0.652. The van der Waals surface area contributed by atoms with E-state index in [2.05, 4.69) is 10.1 Å². The first-order valence-electron chi connectivity index (χ1n) is 5.49. The van der Waals surface area contributed by atoms with Crippen LogP contribution in [0.4, 0.5) is 0 Å². The zero-order valence-corrected chi connectivity index (χ0v) is 11.2. The molecule has 0 amide bonds. The Morgan fingerprint density at radius 3 is 3.11 bits per heavy atom. The monoisotopic (exact) mass is 279 g/mol. The summed E-state index contributed by atoms with van der Waals surface area (Å²) in [7, 11) is 0. The highest BCUT2D eigenvalue weighted by Crippen LogP contribution is 2.28. The minimum absolute atomic E-state index is 0.389. The van der Waals surface area contributed by atoms with E-state index in [1.807, 2.05) is 23.8 Å². The number of rotatable bonds is 3. The van der Waals surface area contributed by atoms with Crippen molar-refractivity contribution in [1.82, 2.24) is 14.6 Å². The molecule has 3 rings (SSSR count). The minimum atomic E-state index is 0.389. The summed E-state index contributed by atoms with van der Waals surface area (Å²) in [6.07, 6.45) is 1.78. The summed E-state index contributed by atoms with van der Waals surface area (Å²) in [6.45, 7) is 2.49. The van der Waals surface area contributed by atoms with Crippen molar-refractivity contribution in [2.75, 3.05) is 6.61 Å². The van der Waals surface area contributed by atoms with Crippen LogP contribution in [0.2, 0.25) is 5.15 Å². The van der Waals surface area contributed by atoms with Gasteiger partial charge in [-0.1, -0.05) is 11.6 Å². The maximum Gasteiger partial charge on any atom is 0.197 e. The van der Waals surface area contributed by atoms with Crippen molar-refractivity contribution in [2.24, 2.45) is 0 Å². The molecule has 0 aliphatic rings. The molecular formula is C12H10ClN3OS. The van der Waals surface area contributed by atoms with Crippen molar-refractivity contribution in [3.05, 3.63) is 34.2 Å². The molecule has 0 N–H and O–H groups in total. The maximum atomic E-state index is 6.01. The number of imidazole rings is 1. The Bertz CT molecular complexity index is 678. The van der Waals surface area contributed by atoms with Gasteiger partial charge in [0.15, 0.2) is 16.5 Å². The van der Waals surface area contributed by atoms with Crippen molar-refractivity contribution in [2.45, 2.75) is 6.92 Å².